The molecule has 0 unspecified atom stereocenters. The molecule has 1 rings (SSSR count). The zero-order chi connectivity index (χ0) is 7.45. The fourth-order valence-corrected chi connectivity index (χ4v) is 2.32. The van der Waals surface area contributed by atoms with Crippen molar-refractivity contribution in [1.82, 2.24) is 0 Å². The van der Waals surface area contributed by atoms with Gasteiger partial charge in [-0.1, -0.05) is 0 Å². The summed E-state index contributed by atoms with van der Waals surface area (Å²) in [5.74, 6) is 2.06. The number of nitrogens with zero attached hydrogens (tertiary/aromatic N) is 1. The van der Waals surface area contributed by atoms with E-state index in [0.717, 1.165) is 31.0 Å². The van der Waals surface area contributed by atoms with Crippen molar-refractivity contribution in [2.45, 2.75) is 6.42 Å². The lowest BCUT2D eigenvalue weighted by Crippen LogP contribution is -2.48. The van der Waals surface area contributed by atoms with Gasteiger partial charge in [-0.15, -0.1) is 0 Å². The van der Waals surface area contributed by atoms with Crippen LogP contribution in [-0.4, -0.2) is 35.8 Å². The molecule has 0 aromatic heterocycles. The van der Waals surface area contributed by atoms with E-state index >= 15 is 0 Å². The average molecular weight is 160 g/mol. The van der Waals surface area contributed by atoms with Gasteiger partial charge in [0.15, 0.2) is 0 Å². The SMILES string of the molecule is [CH2]CC[N+]1([O-])CCSCC1. The molecule has 0 aromatic carbocycles. The molecular weight excluding hydrogens is 146 g/mol. The molecule has 1 radical (unpaired) electrons. The third-order valence-corrected chi connectivity index (χ3v) is 2.79. The standard InChI is InChI=1S/C7H14NOS/c1-2-3-8(9)4-6-10-7-5-8/h1-7H2. The molecule has 0 N–H and O–H groups in total. The fourth-order valence-electron chi connectivity index (χ4n) is 1.19. The molecule has 0 aromatic rings. The Morgan fingerprint density at radius 3 is 2.50 bits per heavy atom. The van der Waals surface area contributed by atoms with Gasteiger partial charge in [0, 0.05) is 11.5 Å². The summed E-state index contributed by atoms with van der Waals surface area (Å²) in [6.45, 7) is 6.00. The van der Waals surface area contributed by atoms with E-state index in [0.29, 0.717) is 6.54 Å². The smallest absolute Gasteiger partial charge is 0.0876 e. The maximum Gasteiger partial charge on any atom is 0.0876 e. The maximum atomic E-state index is 11.6. The summed E-state index contributed by atoms with van der Waals surface area (Å²) in [6.07, 6.45) is 0.772. The lowest BCUT2D eigenvalue weighted by atomic mass is 10.4. The van der Waals surface area contributed by atoms with Gasteiger partial charge in [-0.3, -0.25) is 0 Å². The van der Waals surface area contributed by atoms with Crippen molar-refractivity contribution in [3.05, 3.63) is 12.1 Å². The zero-order valence-corrected chi connectivity index (χ0v) is 7.03. The van der Waals surface area contributed by atoms with Gasteiger partial charge in [0.25, 0.3) is 0 Å². The van der Waals surface area contributed by atoms with Crippen molar-refractivity contribution in [3.8, 4) is 0 Å². The van der Waals surface area contributed by atoms with Gasteiger partial charge < -0.3 is 9.85 Å². The normalized spacial score (nSPS) is 24.6. The molecule has 0 amide bonds. The van der Waals surface area contributed by atoms with Crippen LogP contribution in [0.4, 0.5) is 0 Å². The first-order valence-electron chi connectivity index (χ1n) is 3.71. The number of hydroxylamine groups is 3. The highest BCUT2D eigenvalue weighted by Gasteiger charge is 2.18. The maximum absolute atomic E-state index is 11.6. The molecule has 0 aliphatic carbocycles. The Bertz CT molecular complexity index is 96.3. The largest absolute Gasteiger partial charge is 0.633 e. The monoisotopic (exact) mass is 160 g/mol. The second kappa shape index (κ2) is 3.60. The third kappa shape index (κ3) is 2.15. The first kappa shape index (κ1) is 8.37. The number of quaternary nitrogens is 1. The molecule has 1 saturated heterocycles. The van der Waals surface area contributed by atoms with E-state index in [1.807, 2.05) is 11.8 Å². The third-order valence-electron chi connectivity index (χ3n) is 1.85. The number of hydrogen-bond donors (Lipinski definition) is 0. The van der Waals surface area contributed by atoms with Gasteiger partial charge in [0.2, 0.25) is 0 Å². The summed E-state index contributed by atoms with van der Waals surface area (Å²) in [6, 6.07) is 0. The number of rotatable bonds is 2. The van der Waals surface area contributed by atoms with Crippen LogP contribution in [0.25, 0.3) is 0 Å². The summed E-state index contributed by atoms with van der Waals surface area (Å²) in [5, 5.41) is 11.6. The van der Waals surface area contributed by atoms with E-state index in [1.54, 1.807) is 0 Å². The highest BCUT2D eigenvalue weighted by atomic mass is 32.2. The van der Waals surface area contributed by atoms with E-state index in [1.165, 1.54) is 0 Å². The Morgan fingerprint density at radius 2 is 2.00 bits per heavy atom. The molecule has 1 fully saturated rings. The summed E-state index contributed by atoms with van der Waals surface area (Å²) >= 11 is 1.89. The number of hydrogen-bond acceptors (Lipinski definition) is 2. The van der Waals surface area contributed by atoms with Crippen LogP contribution in [0.5, 0.6) is 0 Å². The molecular formula is C7H14NOS. The van der Waals surface area contributed by atoms with E-state index in [2.05, 4.69) is 6.92 Å². The van der Waals surface area contributed by atoms with Crippen LogP contribution in [-0.2, 0) is 0 Å². The van der Waals surface area contributed by atoms with Crippen LogP contribution in [0.1, 0.15) is 6.42 Å². The molecule has 1 aliphatic rings. The van der Waals surface area contributed by atoms with E-state index in [9.17, 15) is 5.21 Å². The van der Waals surface area contributed by atoms with Crippen LogP contribution < -0.4 is 0 Å². The summed E-state index contributed by atoms with van der Waals surface area (Å²) in [5.41, 5.74) is 0. The zero-order valence-electron chi connectivity index (χ0n) is 6.21. The molecule has 2 nitrogen and oxygen atoms in total. The van der Waals surface area contributed by atoms with Gasteiger partial charge >= 0.3 is 0 Å². The number of thioether (sulfide) groups is 1. The minimum absolute atomic E-state index is 0.0104. The van der Waals surface area contributed by atoms with E-state index in [4.69, 9.17) is 0 Å². The van der Waals surface area contributed by atoms with Gasteiger partial charge in [0.05, 0.1) is 19.6 Å². The van der Waals surface area contributed by atoms with Crippen molar-refractivity contribution in [3.63, 3.8) is 0 Å². The van der Waals surface area contributed by atoms with Crippen LogP contribution in [0.3, 0.4) is 0 Å². The van der Waals surface area contributed by atoms with Crippen molar-refractivity contribution < 1.29 is 4.65 Å². The minimum atomic E-state index is 0.0104. The van der Waals surface area contributed by atoms with Gasteiger partial charge in [-0.2, -0.15) is 11.8 Å². The Hall–Kier alpha value is 0.270. The fraction of sp³-hybridized carbons (Fsp3) is 0.857. The lowest BCUT2D eigenvalue weighted by Gasteiger charge is -2.45. The predicted octanol–water partition coefficient (Wildman–Crippen LogP) is 1.27. The van der Waals surface area contributed by atoms with Gasteiger partial charge in [-0.05, 0) is 13.3 Å². The van der Waals surface area contributed by atoms with Crippen LogP contribution in [0.15, 0.2) is 0 Å². The Balaban J connectivity index is 2.32. The topological polar surface area (TPSA) is 23.1 Å². The molecule has 0 atom stereocenters. The molecule has 10 heavy (non-hydrogen) atoms. The van der Waals surface area contributed by atoms with Crippen LogP contribution >= 0.6 is 11.8 Å². The second-order valence-electron chi connectivity index (χ2n) is 2.69. The molecule has 0 saturated carbocycles. The van der Waals surface area contributed by atoms with Crippen LogP contribution in [0, 0.1) is 12.1 Å². The summed E-state index contributed by atoms with van der Waals surface area (Å²) < 4.78 is 0.0104. The molecule has 0 bridgehead atoms. The van der Waals surface area contributed by atoms with E-state index in [-0.39, 0.29) is 4.65 Å². The van der Waals surface area contributed by atoms with E-state index < -0.39 is 0 Å². The molecule has 1 aliphatic heterocycles. The van der Waals surface area contributed by atoms with Crippen molar-refractivity contribution >= 4 is 11.8 Å². The van der Waals surface area contributed by atoms with Gasteiger partial charge in [0.1, 0.15) is 0 Å². The average Bonchev–Trinajstić information content (AvgIpc) is 1.89. The Kier molecular flexibility index (Phi) is 3.01. The second-order valence-corrected chi connectivity index (χ2v) is 3.92. The molecule has 1 heterocycles. The van der Waals surface area contributed by atoms with Gasteiger partial charge in [-0.25, -0.2) is 0 Å². The predicted molar refractivity (Wildman–Crippen MR) is 45.5 cm³/mol. The Labute approximate surface area is 66.8 Å². The molecule has 59 valence electrons. The highest BCUT2D eigenvalue weighted by molar-refractivity contribution is 7.99. The lowest BCUT2D eigenvalue weighted by molar-refractivity contribution is -0.876. The summed E-state index contributed by atoms with van der Waals surface area (Å²) in [7, 11) is 0. The first-order chi connectivity index (χ1) is 4.77. The summed E-state index contributed by atoms with van der Waals surface area (Å²) in [4.78, 5) is 0. The quantitative estimate of drug-likeness (QED) is 0.448. The molecule has 0 spiro atoms. The van der Waals surface area contributed by atoms with Crippen LogP contribution in [0.2, 0.25) is 0 Å². The van der Waals surface area contributed by atoms with Crippen molar-refractivity contribution in [2.75, 3.05) is 31.1 Å². The minimum Gasteiger partial charge on any atom is -0.633 e. The molecule has 3 heteroatoms. The first-order valence-corrected chi connectivity index (χ1v) is 4.86. The van der Waals surface area contributed by atoms with Crippen molar-refractivity contribution in [1.29, 1.82) is 0 Å². The highest BCUT2D eigenvalue weighted by Crippen LogP contribution is 2.16. The Morgan fingerprint density at radius 1 is 1.40 bits per heavy atom. The van der Waals surface area contributed by atoms with Crippen molar-refractivity contribution in [2.24, 2.45) is 0 Å².